The fourth-order valence-electron chi connectivity index (χ4n) is 7.38. The Hall–Kier alpha value is -2.82. The van der Waals surface area contributed by atoms with Gasteiger partial charge in [0.1, 0.15) is 0 Å². The van der Waals surface area contributed by atoms with Gasteiger partial charge in [0, 0.05) is 58.2 Å². The molecule has 3 N–H and O–H groups in total. The van der Waals surface area contributed by atoms with Crippen LogP contribution in [0, 0.1) is 11.3 Å². The molecule has 176 valence electrons. The summed E-state index contributed by atoms with van der Waals surface area (Å²) in [5.41, 5.74) is 9.07. The maximum atomic E-state index is 10.0. The lowest BCUT2D eigenvalue weighted by Gasteiger charge is -2.42. The maximum absolute atomic E-state index is 10.0. The van der Waals surface area contributed by atoms with Crippen LogP contribution >= 0.6 is 0 Å². The summed E-state index contributed by atoms with van der Waals surface area (Å²) in [7, 11) is 0. The van der Waals surface area contributed by atoms with Gasteiger partial charge in [-0.25, -0.2) is 0 Å². The third-order valence-corrected chi connectivity index (χ3v) is 8.35. The number of rotatable bonds is 5. The van der Waals surface area contributed by atoms with Crippen LogP contribution in [-0.4, -0.2) is 33.0 Å². The molecule has 4 aromatic rings. The Labute approximate surface area is 200 Å². The molecule has 34 heavy (non-hydrogen) atoms. The molecule has 3 heterocycles. The van der Waals surface area contributed by atoms with Gasteiger partial charge in [0.15, 0.2) is 0 Å². The number of nitrogens with one attached hydrogen (secondary N) is 1. The highest BCUT2D eigenvalue weighted by molar-refractivity contribution is 5.88. The molecule has 0 spiro atoms. The molecular formula is C30H34N2O2. The maximum Gasteiger partial charge on any atom is 0.0783 e. The Morgan fingerprint density at radius 2 is 1.62 bits per heavy atom. The number of aromatic amines is 1. The summed E-state index contributed by atoms with van der Waals surface area (Å²) in [6, 6.07) is 17.3. The van der Waals surface area contributed by atoms with Crippen LogP contribution in [0.4, 0.5) is 0 Å². The average Bonchev–Trinajstić information content (AvgIpc) is 3.43. The SMILES string of the molecule is CC1=C[C@@H]2c3c(CCO)c4ccccc4n3[C@@H](c3[nH]c4ccccc4c3CCO)[C@@H]2C(C)(C)C1. The van der Waals surface area contributed by atoms with Crippen LogP contribution in [0.25, 0.3) is 21.8 Å². The molecule has 0 fully saturated rings. The summed E-state index contributed by atoms with van der Waals surface area (Å²) in [4.78, 5) is 3.82. The molecular weight excluding hydrogens is 420 g/mol. The van der Waals surface area contributed by atoms with E-state index < -0.39 is 0 Å². The minimum absolute atomic E-state index is 0.110. The van der Waals surface area contributed by atoms with Crippen LogP contribution in [0.2, 0.25) is 0 Å². The van der Waals surface area contributed by atoms with E-state index in [2.05, 4.69) is 84.9 Å². The van der Waals surface area contributed by atoms with Crippen LogP contribution in [0.3, 0.4) is 0 Å². The third kappa shape index (κ3) is 2.98. The van der Waals surface area contributed by atoms with Crippen molar-refractivity contribution in [2.75, 3.05) is 13.2 Å². The molecule has 4 nitrogen and oxygen atoms in total. The van der Waals surface area contributed by atoms with Gasteiger partial charge in [0.05, 0.1) is 6.04 Å². The number of aromatic nitrogens is 2. The van der Waals surface area contributed by atoms with Gasteiger partial charge in [-0.05, 0) is 54.9 Å². The van der Waals surface area contributed by atoms with E-state index in [0.29, 0.717) is 24.7 Å². The number of benzene rings is 2. The van der Waals surface area contributed by atoms with E-state index in [4.69, 9.17) is 0 Å². The Kier molecular flexibility index (Phi) is 5.02. The summed E-state index contributed by atoms with van der Waals surface area (Å²) in [5.74, 6) is 0.690. The van der Waals surface area contributed by atoms with Crippen molar-refractivity contribution in [1.29, 1.82) is 0 Å². The van der Waals surface area contributed by atoms with E-state index in [1.807, 2.05) is 0 Å². The molecule has 0 saturated carbocycles. The number of aliphatic hydroxyl groups excluding tert-OH is 2. The van der Waals surface area contributed by atoms with Crippen molar-refractivity contribution in [1.82, 2.24) is 9.55 Å². The van der Waals surface area contributed by atoms with E-state index in [-0.39, 0.29) is 24.7 Å². The number of hydrogen-bond donors (Lipinski definition) is 3. The van der Waals surface area contributed by atoms with Gasteiger partial charge in [-0.2, -0.15) is 0 Å². The minimum Gasteiger partial charge on any atom is -0.396 e. The largest absolute Gasteiger partial charge is 0.396 e. The fourth-order valence-corrected chi connectivity index (χ4v) is 7.38. The molecule has 1 aliphatic carbocycles. The van der Waals surface area contributed by atoms with Crippen molar-refractivity contribution in [3.63, 3.8) is 0 Å². The van der Waals surface area contributed by atoms with Crippen LogP contribution in [0.5, 0.6) is 0 Å². The quantitative estimate of drug-likeness (QED) is 0.330. The van der Waals surface area contributed by atoms with Crippen molar-refractivity contribution >= 4 is 21.8 Å². The summed E-state index contributed by atoms with van der Waals surface area (Å²) < 4.78 is 2.58. The monoisotopic (exact) mass is 454 g/mol. The van der Waals surface area contributed by atoms with E-state index >= 15 is 0 Å². The van der Waals surface area contributed by atoms with E-state index in [9.17, 15) is 10.2 Å². The molecule has 2 aromatic carbocycles. The first-order chi connectivity index (χ1) is 16.5. The van der Waals surface area contributed by atoms with Crippen LogP contribution in [0.15, 0.2) is 60.2 Å². The standard InChI is InChI=1S/C30H34N2O2/c1-18-16-23-26(30(2,3)17-18)29(27-21(12-14-33)19-8-4-6-10-24(19)31-27)32-25-11-7-5-9-20(25)22(13-15-34)28(23)32/h4-11,16,23,26,29,31,33-34H,12-15,17H2,1-3H3/t23-,26+,29+/m0/s1. The van der Waals surface area contributed by atoms with Gasteiger partial charge >= 0.3 is 0 Å². The Bertz CT molecular complexity index is 1420. The molecule has 0 saturated heterocycles. The van der Waals surface area contributed by atoms with E-state index in [1.54, 1.807) is 0 Å². The summed E-state index contributed by atoms with van der Waals surface area (Å²) in [6.45, 7) is 7.39. The zero-order valence-corrected chi connectivity index (χ0v) is 20.3. The smallest absolute Gasteiger partial charge is 0.0783 e. The first-order valence-electron chi connectivity index (χ1n) is 12.6. The average molecular weight is 455 g/mol. The molecule has 3 atom stereocenters. The molecule has 0 unspecified atom stereocenters. The molecule has 6 rings (SSSR count). The van der Waals surface area contributed by atoms with Gasteiger partial charge in [0.25, 0.3) is 0 Å². The third-order valence-electron chi connectivity index (χ3n) is 8.35. The highest BCUT2D eigenvalue weighted by Crippen LogP contribution is 2.61. The van der Waals surface area contributed by atoms with Crippen molar-refractivity contribution in [3.8, 4) is 0 Å². The number of H-pyrrole nitrogens is 1. The normalized spacial score (nSPS) is 23.3. The van der Waals surface area contributed by atoms with Crippen molar-refractivity contribution in [2.45, 2.75) is 52.0 Å². The number of fused-ring (bicyclic) bond motifs is 6. The Morgan fingerprint density at radius 1 is 0.941 bits per heavy atom. The first kappa shape index (κ1) is 21.7. The van der Waals surface area contributed by atoms with Gasteiger partial charge in [-0.1, -0.05) is 61.9 Å². The highest BCUT2D eigenvalue weighted by atomic mass is 16.3. The Balaban J connectivity index is 1.71. The molecule has 1 aliphatic heterocycles. The van der Waals surface area contributed by atoms with Gasteiger partial charge in [0.2, 0.25) is 0 Å². The zero-order valence-electron chi connectivity index (χ0n) is 20.3. The number of para-hydroxylation sites is 2. The van der Waals surface area contributed by atoms with E-state index in [0.717, 1.165) is 11.9 Å². The summed E-state index contributed by atoms with van der Waals surface area (Å²) >= 11 is 0. The number of nitrogens with zero attached hydrogens (tertiary/aromatic N) is 1. The predicted octanol–water partition coefficient (Wildman–Crippen LogP) is 5.87. The second-order valence-corrected chi connectivity index (χ2v) is 10.9. The molecule has 0 bridgehead atoms. The van der Waals surface area contributed by atoms with Crippen molar-refractivity contribution in [2.24, 2.45) is 11.3 Å². The van der Waals surface area contributed by atoms with Crippen LogP contribution < -0.4 is 0 Å². The molecule has 2 aromatic heterocycles. The Morgan fingerprint density at radius 3 is 2.38 bits per heavy atom. The number of aliphatic hydroxyl groups is 2. The molecule has 0 amide bonds. The minimum atomic E-state index is 0.110. The van der Waals surface area contributed by atoms with Crippen LogP contribution in [0.1, 0.15) is 61.7 Å². The summed E-state index contributed by atoms with van der Waals surface area (Å²) in [6.07, 6.45) is 4.89. The first-order valence-corrected chi connectivity index (χ1v) is 12.6. The van der Waals surface area contributed by atoms with Gasteiger partial charge in [-0.15, -0.1) is 0 Å². The molecule has 0 radical (unpaired) electrons. The fraction of sp³-hybridized carbons (Fsp3) is 0.400. The number of hydrogen-bond acceptors (Lipinski definition) is 2. The molecule has 4 heteroatoms. The summed E-state index contributed by atoms with van der Waals surface area (Å²) in [5, 5.41) is 22.5. The second kappa shape index (κ2) is 7.86. The van der Waals surface area contributed by atoms with Gasteiger partial charge in [-0.3, -0.25) is 0 Å². The van der Waals surface area contributed by atoms with Crippen molar-refractivity contribution < 1.29 is 10.2 Å². The highest BCUT2D eigenvalue weighted by Gasteiger charge is 2.52. The zero-order chi connectivity index (χ0) is 23.6. The lowest BCUT2D eigenvalue weighted by Crippen LogP contribution is -2.35. The predicted molar refractivity (Wildman–Crippen MR) is 138 cm³/mol. The van der Waals surface area contributed by atoms with Crippen LogP contribution in [-0.2, 0) is 12.8 Å². The van der Waals surface area contributed by atoms with E-state index in [1.165, 1.54) is 44.4 Å². The van der Waals surface area contributed by atoms with Crippen molar-refractivity contribution in [3.05, 3.63) is 82.7 Å². The topological polar surface area (TPSA) is 61.2 Å². The second-order valence-electron chi connectivity index (χ2n) is 10.9. The lowest BCUT2D eigenvalue weighted by molar-refractivity contribution is 0.158. The lowest BCUT2D eigenvalue weighted by atomic mass is 9.62. The van der Waals surface area contributed by atoms with Gasteiger partial charge < -0.3 is 19.8 Å². The molecule has 2 aliphatic rings. The number of allylic oxidation sites excluding steroid dienone is 2.